The molecule has 0 radical (unpaired) electrons. The van der Waals surface area contributed by atoms with Crippen LogP contribution in [-0.4, -0.2) is 15.5 Å². The Hall–Kier alpha value is -2.04. The Kier molecular flexibility index (Phi) is 3.81. The van der Waals surface area contributed by atoms with Crippen LogP contribution in [0.2, 0.25) is 5.02 Å². The molecule has 3 nitrogen and oxygen atoms in total. The highest BCUT2D eigenvalue weighted by Gasteiger charge is 2.21. The van der Waals surface area contributed by atoms with Crippen LogP contribution in [0.3, 0.4) is 0 Å². The molecule has 112 valence electrons. The number of benzene rings is 3. The summed E-state index contributed by atoms with van der Waals surface area (Å²) in [6, 6.07) is 19.5. The summed E-state index contributed by atoms with van der Waals surface area (Å²) in [7, 11) is -2.07. The lowest BCUT2D eigenvalue weighted by Gasteiger charge is -2.19. The minimum atomic E-state index is -3.61. The van der Waals surface area contributed by atoms with Crippen LogP contribution in [-0.2, 0) is 10.0 Å². The molecular formula is C17H14ClNO2S. The van der Waals surface area contributed by atoms with Gasteiger partial charge in [0, 0.05) is 12.1 Å². The van der Waals surface area contributed by atoms with E-state index in [0.29, 0.717) is 10.7 Å². The van der Waals surface area contributed by atoms with Crippen molar-refractivity contribution in [2.75, 3.05) is 11.4 Å². The monoisotopic (exact) mass is 331 g/mol. The van der Waals surface area contributed by atoms with Gasteiger partial charge in [0.1, 0.15) is 0 Å². The van der Waals surface area contributed by atoms with E-state index in [1.54, 1.807) is 36.4 Å². The molecule has 0 saturated heterocycles. The number of sulfonamides is 1. The fraction of sp³-hybridized carbons (Fsp3) is 0.0588. The van der Waals surface area contributed by atoms with Crippen molar-refractivity contribution in [2.24, 2.45) is 0 Å². The lowest BCUT2D eigenvalue weighted by atomic mass is 10.1. The largest absolute Gasteiger partial charge is 0.269 e. The predicted molar refractivity (Wildman–Crippen MR) is 91.0 cm³/mol. The van der Waals surface area contributed by atoms with E-state index in [0.717, 1.165) is 10.8 Å². The molecule has 0 saturated carbocycles. The smallest absolute Gasteiger partial charge is 0.264 e. The highest BCUT2D eigenvalue weighted by atomic mass is 35.5. The van der Waals surface area contributed by atoms with Crippen molar-refractivity contribution in [3.05, 3.63) is 71.8 Å². The van der Waals surface area contributed by atoms with Gasteiger partial charge >= 0.3 is 0 Å². The third-order valence-corrected chi connectivity index (χ3v) is 5.60. The molecule has 5 heteroatoms. The summed E-state index contributed by atoms with van der Waals surface area (Å²) >= 11 is 5.85. The lowest BCUT2D eigenvalue weighted by molar-refractivity contribution is 0.594. The SMILES string of the molecule is CN(c1ccc(Cl)cc1)S(=O)(=O)c1ccc2ccccc2c1. The van der Waals surface area contributed by atoms with E-state index in [1.165, 1.54) is 11.4 Å². The first kappa shape index (κ1) is 14.9. The summed E-state index contributed by atoms with van der Waals surface area (Å²) in [5, 5.41) is 2.48. The van der Waals surface area contributed by atoms with Crippen molar-refractivity contribution in [1.82, 2.24) is 0 Å². The maximum Gasteiger partial charge on any atom is 0.264 e. The Balaban J connectivity index is 2.05. The molecule has 0 unspecified atom stereocenters. The Morgan fingerprint density at radius 2 is 1.50 bits per heavy atom. The number of rotatable bonds is 3. The van der Waals surface area contributed by atoms with E-state index in [2.05, 4.69) is 0 Å². The first-order chi connectivity index (χ1) is 10.5. The van der Waals surface area contributed by atoms with Crippen molar-refractivity contribution in [3.8, 4) is 0 Å². The van der Waals surface area contributed by atoms with Gasteiger partial charge in [-0.1, -0.05) is 41.9 Å². The van der Waals surface area contributed by atoms with Gasteiger partial charge in [-0.2, -0.15) is 0 Å². The number of hydrogen-bond donors (Lipinski definition) is 0. The second-order valence-electron chi connectivity index (χ2n) is 4.96. The summed E-state index contributed by atoms with van der Waals surface area (Å²) in [5.74, 6) is 0. The number of halogens is 1. The van der Waals surface area contributed by atoms with Gasteiger partial charge in [0.15, 0.2) is 0 Å². The normalized spacial score (nSPS) is 11.5. The zero-order valence-corrected chi connectivity index (χ0v) is 13.5. The third-order valence-electron chi connectivity index (χ3n) is 3.57. The van der Waals surface area contributed by atoms with Crippen LogP contribution in [0.15, 0.2) is 71.6 Å². The van der Waals surface area contributed by atoms with E-state index in [4.69, 9.17) is 11.6 Å². The van der Waals surface area contributed by atoms with Crippen LogP contribution < -0.4 is 4.31 Å². The Morgan fingerprint density at radius 3 is 2.18 bits per heavy atom. The molecule has 22 heavy (non-hydrogen) atoms. The van der Waals surface area contributed by atoms with Crippen LogP contribution in [0.25, 0.3) is 10.8 Å². The Labute approximate surface area is 134 Å². The summed E-state index contributed by atoms with van der Waals surface area (Å²) in [4.78, 5) is 0.267. The number of hydrogen-bond acceptors (Lipinski definition) is 2. The average Bonchev–Trinajstić information content (AvgIpc) is 2.54. The molecular weight excluding hydrogens is 318 g/mol. The third kappa shape index (κ3) is 2.67. The highest BCUT2D eigenvalue weighted by molar-refractivity contribution is 7.92. The predicted octanol–water partition coefficient (Wildman–Crippen LogP) is 4.32. The zero-order valence-electron chi connectivity index (χ0n) is 11.9. The van der Waals surface area contributed by atoms with Crippen LogP contribution in [0, 0.1) is 0 Å². The fourth-order valence-electron chi connectivity index (χ4n) is 2.28. The van der Waals surface area contributed by atoms with Gasteiger partial charge in [0.2, 0.25) is 0 Å². The van der Waals surface area contributed by atoms with Gasteiger partial charge in [-0.3, -0.25) is 4.31 Å². The van der Waals surface area contributed by atoms with E-state index in [9.17, 15) is 8.42 Å². The van der Waals surface area contributed by atoms with Crippen molar-refractivity contribution in [3.63, 3.8) is 0 Å². The zero-order chi connectivity index (χ0) is 15.7. The molecule has 0 bridgehead atoms. The topological polar surface area (TPSA) is 37.4 Å². The van der Waals surface area contributed by atoms with Crippen molar-refractivity contribution in [1.29, 1.82) is 0 Å². The second kappa shape index (κ2) is 5.63. The van der Waals surface area contributed by atoms with Gasteiger partial charge in [-0.15, -0.1) is 0 Å². The van der Waals surface area contributed by atoms with Crippen LogP contribution in [0.4, 0.5) is 5.69 Å². The molecule has 0 atom stereocenters. The minimum absolute atomic E-state index is 0.267. The second-order valence-corrected chi connectivity index (χ2v) is 7.36. The molecule has 3 aromatic rings. The summed E-state index contributed by atoms with van der Waals surface area (Å²) in [5.41, 5.74) is 0.567. The molecule has 0 N–H and O–H groups in total. The lowest BCUT2D eigenvalue weighted by Crippen LogP contribution is -2.26. The molecule has 0 amide bonds. The maximum atomic E-state index is 12.8. The fourth-order valence-corrected chi connectivity index (χ4v) is 3.63. The number of nitrogens with zero attached hydrogens (tertiary/aromatic N) is 1. The van der Waals surface area contributed by atoms with E-state index in [1.807, 2.05) is 30.3 Å². The van der Waals surface area contributed by atoms with E-state index >= 15 is 0 Å². The number of anilines is 1. The molecule has 0 aliphatic rings. The van der Waals surface area contributed by atoms with E-state index < -0.39 is 10.0 Å². The van der Waals surface area contributed by atoms with Gasteiger partial charge in [0.25, 0.3) is 10.0 Å². The quantitative estimate of drug-likeness (QED) is 0.716. The Morgan fingerprint density at radius 1 is 0.864 bits per heavy atom. The summed E-state index contributed by atoms with van der Waals surface area (Å²) in [6.07, 6.45) is 0. The molecule has 0 spiro atoms. The molecule has 0 aliphatic heterocycles. The van der Waals surface area contributed by atoms with Crippen LogP contribution in [0.1, 0.15) is 0 Å². The van der Waals surface area contributed by atoms with Crippen molar-refractivity contribution in [2.45, 2.75) is 4.90 Å². The maximum absolute atomic E-state index is 12.8. The van der Waals surface area contributed by atoms with Gasteiger partial charge < -0.3 is 0 Å². The molecule has 0 aliphatic carbocycles. The van der Waals surface area contributed by atoms with E-state index in [-0.39, 0.29) is 4.90 Å². The Bertz CT molecular complexity index is 921. The molecule has 3 aromatic carbocycles. The van der Waals surface area contributed by atoms with Crippen molar-refractivity contribution >= 4 is 38.1 Å². The van der Waals surface area contributed by atoms with Crippen LogP contribution in [0.5, 0.6) is 0 Å². The summed E-state index contributed by atoms with van der Waals surface area (Å²) in [6.45, 7) is 0. The van der Waals surface area contributed by atoms with Gasteiger partial charge in [-0.25, -0.2) is 8.42 Å². The molecule has 0 heterocycles. The average molecular weight is 332 g/mol. The highest BCUT2D eigenvalue weighted by Crippen LogP contribution is 2.25. The minimum Gasteiger partial charge on any atom is -0.269 e. The first-order valence-corrected chi connectivity index (χ1v) is 8.53. The van der Waals surface area contributed by atoms with Gasteiger partial charge in [0.05, 0.1) is 10.6 Å². The molecule has 3 rings (SSSR count). The van der Waals surface area contributed by atoms with Crippen molar-refractivity contribution < 1.29 is 8.42 Å². The van der Waals surface area contributed by atoms with Crippen LogP contribution >= 0.6 is 11.6 Å². The van der Waals surface area contributed by atoms with Gasteiger partial charge in [-0.05, 0) is 47.2 Å². The number of fused-ring (bicyclic) bond motifs is 1. The summed E-state index contributed by atoms with van der Waals surface area (Å²) < 4.78 is 26.8. The first-order valence-electron chi connectivity index (χ1n) is 6.72. The standard InChI is InChI=1S/C17H14ClNO2S/c1-19(16-9-7-15(18)8-10-16)22(20,21)17-11-6-13-4-2-3-5-14(13)12-17/h2-12H,1H3. The molecule has 0 aromatic heterocycles. The molecule has 0 fully saturated rings.